The van der Waals surface area contributed by atoms with E-state index in [2.05, 4.69) is 0 Å². The van der Waals surface area contributed by atoms with Gasteiger partial charge in [0, 0.05) is 23.8 Å². The Balaban J connectivity index is 1.25. The Morgan fingerprint density at radius 3 is 1.67 bits per heavy atom. The number of aliphatic hydroxyl groups is 11. The Morgan fingerprint density at radius 1 is 0.614 bits per heavy atom. The minimum atomic E-state index is -2.11. The largest absolute Gasteiger partial charge is 0.508 e. The van der Waals surface area contributed by atoms with E-state index in [1.165, 1.54) is 32.4 Å². The van der Waals surface area contributed by atoms with Crippen LogP contribution in [-0.2, 0) is 23.7 Å². The molecule has 3 aromatic carbocycles. The molecule has 4 heterocycles. The Bertz CT molecular complexity index is 2550. The molecule has 15 atom stereocenters. The van der Waals surface area contributed by atoms with Crippen LogP contribution in [0.15, 0.2) is 57.8 Å². The molecule has 0 unspecified atom stereocenters. The van der Waals surface area contributed by atoms with Crippen molar-refractivity contribution in [2.75, 3.05) is 34.0 Å². The second kappa shape index (κ2) is 21.5. The summed E-state index contributed by atoms with van der Waals surface area (Å²) in [5, 5.41) is 147. The van der Waals surface area contributed by atoms with E-state index >= 15 is 0 Å². The molecule has 3 aliphatic heterocycles. The normalized spacial score (nSPS) is 31.3. The van der Waals surface area contributed by atoms with Gasteiger partial charge in [0.05, 0.1) is 27.4 Å². The van der Waals surface area contributed by atoms with Crippen molar-refractivity contribution < 1.29 is 123 Å². The maximum absolute atomic E-state index is 14.2. The van der Waals surface area contributed by atoms with E-state index in [-0.39, 0.29) is 22.8 Å². The van der Waals surface area contributed by atoms with Crippen molar-refractivity contribution in [1.29, 1.82) is 0 Å². The summed E-state index contributed by atoms with van der Waals surface area (Å²) >= 11 is 0. The van der Waals surface area contributed by atoms with E-state index < -0.39 is 169 Å². The molecule has 0 bridgehead atoms. The number of methoxy groups -OCH3 is 2. The average Bonchev–Trinajstić information content (AvgIpc) is 3.34. The molecule has 0 radical (unpaired) electrons. The summed E-state index contributed by atoms with van der Waals surface area (Å²) in [6, 6.07) is 7.73. The number of hydrogen-bond donors (Lipinski definition) is 14. The SMILES string of the molecule is COc1cc(/C=C\C(=O)OC[C@@H]2O[C@@H](Oc3cc(-c4oc5cc(O)cc(O)c5c(=O)c4O[C@H]4O[C@@H](CO)[C@@H](O)[C@H](O)[C@H]4O)ccc3O[C@H]3O[C@@H](CO)[C@@H](O)[C@H](O)[C@H]3O)[C@H](O)[C@@H](O)[C@@H]2O)cc(OC)c1O. The standard InChI is InChI=1S/C44H50O26/c1-61-22-7-15(8-23(62-2)29(22)50)3-6-27(49)63-14-26-32(53)36(57)38(59)43(69-26)66-20-9-16(4-5-19(20)65-42-37(58)34(55)30(51)24(12-45)67-42)40-41(33(54)28-18(48)10-17(47)11-21(28)64-40)70-44-39(60)35(56)31(52)25(13-46)68-44/h3-11,24-26,30-32,34-39,42-48,50-53,55-60H,12-14H2,1-2H3/b6-3-/t24-,25-,26-,30+,31+,32+,34-,35-,36-,37+,38+,39+,42-,43+,44+/m0/s1. The van der Waals surface area contributed by atoms with Crippen molar-refractivity contribution in [1.82, 2.24) is 0 Å². The Kier molecular flexibility index (Phi) is 15.9. The first kappa shape index (κ1) is 51.8. The number of hydrogen-bond acceptors (Lipinski definition) is 26. The van der Waals surface area contributed by atoms with Gasteiger partial charge in [-0.15, -0.1) is 0 Å². The lowest BCUT2D eigenvalue weighted by atomic mass is 9.99. The van der Waals surface area contributed by atoms with Gasteiger partial charge < -0.3 is 119 Å². The first-order valence-electron chi connectivity index (χ1n) is 21.1. The Hall–Kier alpha value is -6.08. The van der Waals surface area contributed by atoms with Crippen LogP contribution in [0.5, 0.6) is 46.0 Å². The van der Waals surface area contributed by atoms with Gasteiger partial charge in [0.2, 0.25) is 35.8 Å². The summed E-state index contributed by atoms with van der Waals surface area (Å²) in [5.41, 5.74) is -1.56. The van der Waals surface area contributed by atoms with E-state index in [1.54, 1.807) is 0 Å². The third kappa shape index (κ3) is 10.4. The molecular formula is C44H50O26. The third-order valence-corrected chi connectivity index (χ3v) is 11.5. The molecule has 26 nitrogen and oxygen atoms in total. The zero-order valence-electron chi connectivity index (χ0n) is 36.6. The van der Waals surface area contributed by atoms with Gasteiger partial charge in [-0.1, -0.05) is 0 Å². The molecule has 3 aliphatic rings. The molecule has 0 aliphatic carbocycles. The van der Waals surface area contributed by atoms with Crippen LogP contribution in [0.1, 0.15) is 5.56 Å². The molecule has 1 aromatic heterocycles. The number of rotatable bonds is 15. The molecule has 3 fully saturated rings. The fourth-order valence-electron chi connectivity index (χ4n) is 7.64. The number of benzene rings is 3. The fourth-order valence-corrected chi connectivity index (χ4v) is 7.64. The number of carbonyl (C=O) groups is 1. The molecule has 26 heteroatoms. The van der Waals surface area contributed by atoms with Crippen molar-refractivity contribution in [2.24, 2.45) is 0 Å². The summed E-state index contributed by atoms with van der Waals surface area (Å²) in [6.07, 6.45) is -26.1. The van der Waals surface area contributed by atoms with Crippen molar-refractivity contribution >= 4 is 23.0 Å². The number of phenolic OH excluding ortho intramolecular Hbond substituents is 3. The molecule has 7 rings (SSSR count). The molecule has 382 valence electrons. The Labute approximate surface area is 393 Å². The van der Waals surface area contributed by atoms with Crippen LogP contribution in [0.25, 0.3) is 28.4 Å². The van der Waals surface area contributed by atoms with Crippen LogP contribution in [0.3, 0.4) is 0 Å². The highest BCUT2D eigenvalue weighted by atomic mass is 16.7. The monoisotopic (exact) mass is 994 g/mol. The van der Waals surface area contributed by atoms with Gasteiger partial charge in [0.15, 0.2) is 28.8 Å². The first-order chi connectivity index (χ1) is 33.3. The Morgan fingerprint density at radius 2 is 1.13 bits per heavy atom. The van der Waals surface area contributed by atoms with Gasteiger partial charge in [-0.05, 0) is 42.0 Å². The number of aromatic hydroxyl groups is 3. The van der Waals surface area contributed by atoms with Crippen LogP contribution in [0, 0.1) is 0 Å². The lowest BCUT2D eigenvalue weighted by Crippen LogP contribution is -2.60. The number of carbonyl (C=O) groups excluding carboxylic acids is 1. The van der Waals surface area contributed by atoms with Crippen LogP contribution in [0.2, 0.25) is 0 Å². The zero-order chi connectivity index (χ0) is 50.9. The van der Waals surface area contributed by atoms with Crippen molar-refractivity contribution in [2.45, 2.75) is 92.1 Å². The maximum Gasteiger partial charge on any atom is 0.330 e. The van der Waals surface area contributed by atoms with Gasteiger partial charge in [-0.3, -0.25) is 4.79 Å². The number of aliphatic hydroxyl groups excluding tert-OH is 11. The quantitative estimate of drug-likeness (QED) is 0.0404. The zero-order valence-corrected chi connectivity index (χ0v) is 36.6. The maximum atomic E-state index is 14.2. The van der Waals surface area contributed by atoms with Crippen LogP contribution >= 0.6 is 0 Å². The smallest absolute Gasteiger partial charge is 0.330 e. The van der Waals surface area contributed by atoms with Crippen LogP contribution in [0.4, 0.5) is 0 Å². The summed E-state index contributed by atoms with van der Waals surface area (Å²) in [5.74, 6) is -5.11. The summed E-state index contributed by atoms with van der Waals surface area (Å²) in [7, 11) is 2.59. The number of ether oxygens (including phenoxy) is 9. The lowest BCUT2D eigenvalue weighted by Gasteiger charge is -2.41. The average molecular weight is 995 g/mol. The molecule has 0 spiro atoms. The van der Waals surface area contributed by atoms with Crippen molar-refractivity contribution in [3.05, 3.63) is 64.3 Å². The van der Waals surface area contributed by atoms with E-state index in [0.29, 0.717) is 5.56 Å². The van der Waals surface area contributed by atoms with E-state index in [1.807, 2.05) is 0 Å². The summed E-state index contributed by atoms with van der Waals surface area (Å²) < 4.78 is 55.8. The molecular weight excluding hydrogens is 944 g/mol. The molecule has 4 aromatic rings. The second-order valence-electron chi connectivity index (χ2n) is 16.1. The van der Waals surface area contributed by atoms with Gasteiger partial charge in [0.1, 0.15) is 102 Å². The van der Waals surface area contributed by atoms with E-state index in [4.69, 9.17) is 47.0 Å². The highest BCUT2D eigenvalue weighted by Crippen LogP contribution is 2.42. The van der Waals surface area contributed by atoms with E-state index in [9.17, 15) is 81.1 Å². The predicted molar refractivity (Wildman–Crippen MR) is 229 cm³/mol. The number of fused-ring (bicyclic) bond motifs is 1. The summed E-state index contributed by atoms with van der Waals surface area (Å²) in [4.78, 5) is 27.0. The van der Waals surface area contributed by atoms with Crippen molar-refractivity contribution in [3.63, 3.8) is 0 Å². The fraction of sp³-hybridized carbons (Fsp3) is 0.455. The van der Waals surface area contributed by atoms with Crippen molar-refractivity contribution in [3.8, 4) is 57.3 Å². The minimum absolute atomic E-state index is 0.0289. The third-order valence-electron chi connectivity index (χ3n) is 11.5. The number of esters is 1. The lowest BCUT2D eigenvalue weighted by molar-refractivity contribution is -0.282. The minimum Gasteiger partial charge on any atom is -0.508 e. The van der Waals surface area contributed by atoms with Gasteiger partial charge in [-0.2, -0.15) is 0 Å². The predicted octanol–water partition coefficient (Wildman–Crippen LogP) is -3.61. The highest BCUT2D eigenvalue weighted by molar-refractivity contribution is 5.89. The number of phenols is 3. The second-order valence-corrected chi connectivity index (χ2v) is 16.1. The summed E-state index contributed by atoms with van der Waals surface area (Å²) in [6.45, 7) is -2.53. The van der Waals surface area contributed by atoms with Crippen LogP contribution < -0.4 is 29.1 Å². The molecule has 3 saturated heterocycles. The molecule has 14 N–H and O–H groups in total. The van der Waals surface area contributed by atoms with E-state index in [0.717, 1.165) is 36.4 Å². The topological polar surface area (TPSA) is 414 Å². The molecule has 70 heavy (non-hydrogen) atoms. The van der Waals surface area contributed by atoms with Crippen LogP contribution in [-0.4, -0.2) is 204 Å². The molecule has 0 amide bonds. The van der Waals surface area contributed by atoms with Gasteiger partial charge in [0.25, 0.3) is 0 Å². The highest BCUT2D eigenvalue weighted by Gasteiger charge is 2.48. The first-order valence-corrected chi connectivity index (χ1v) is 21.1. The molecule has 0 saturated carbocycles. The van der Waals surface area contributed by atoms with Gasteiger partial charge in [-0.25, -0.2) is 4.79 Å². The van der Waals surface area contributed by atoms with Gasteiger partial charge >= 0.3 is 5.97 Å².